The fourth-order valence-corrected chi connectivity index (χ4v) is 2.80. The fraction of sp³-hybridized carbons (Fsp3) is 0.933. The van der Waals surface area contributed by atoms with Crippen LogP contribution in [0.4, 0.5) is 0 Å². The number of hydrogen-bond acceptors (Lipinski definition) is 3. The van der Waals surface area contributed by atoms with Crippen molar-refractivity contribution in [3.8, 4) is 0 Å². The number of rotatable bonds is 7. The van der Waals surface area contributed by atoms with Crippen LogP contribution >= 0.6 is 0 Å². The van der Waals surface area contributed by atoms with Gasteiger partial charge in [0.05, 0.1) is 0 Å². The Kier molecular flexibility index (Phi) is 7.39. The van der Waals surface area contributed by atoms with Gasteiger partial charge >= 0.3 is 0 Å². The number of carbonyl (C=O) groups is 1. The van der Waals surface area contributed by atoms with Crippen molar-refractivity contribution in [2.24, 2.45) is 11.7 Å². The lowest BCUT2D eigenvalue weighted by Crippen LogP contribution is -2.35. The minimum absolute atomic E-state index is 0.199. The molecule has 0 saturated heterocycles. The molecule has 4 nitrogen and oxygen atoms in total. The van der Waals surface area contributed by atoms with E-state index in [0.29, 0.717) is 18.4 Å². The maximum atomic E-state index is 11.9. The van der Waals surface area contributed by atoms with Crippen LogP contribution in [-0.2, 0) is 4.79 Å². The third-order valence-corrected chi connectivity index (χ3v) is 4.02. The normalized spacial score (nSPS) is 25.3. The standard InChI is InChI=1S/C15H31N3O/c1-12(9-10-18(2)3)17-15(19)8-7-13-5-4-6-14(16)11-13/h12-14H,4-11,16H2,1-3H3,(H,17,19). The van der Waals surface area contributed by atoms with Crippen LogP contribution in [-0.4, -0.2) is 43.5 Å². The predicted octanol–water partition coefficient (Wildman–Crippen LogP) is 1.74. The first-order valence-electron chi connectivity index (χ1n) is 7.67. The largest absolute Gasteiger partial charge is 0.354 e. The van der Waals surface area contributed by atoms with E-state index < -0.39 is 0 Å². The van der Waals surface area contributed by atoms with Crippen molar-refractivity contribution in [1.82, 2.24) is 10.2 Å². The number of amides is 1. The zero-order valence-corrected chi connectivity index (χ0v) is 12.8. The van der Waals surface area contributed by atoms with Gasteiger partial charge in [-0.05, 0) is 59.2 Å². The van der Waals surface area contributed by atoms with Crippen LogP contribution in [0, 0.1) is 5.92 Å². The smallest absolute Gasteiger partial charge is 0.220 e. The molecule has 0 radical (unpaired) electrons. The van der Waals surface area contributed by atoms with Gasteiger partial charge < -0.3 is 16.0 Å². The molecule has 112 valence electrons. The first kappa shape index (κ1) is 16.4. The van der Waals surface area contributed by atoms with Crippen molar-refractivity contribution in [2.75, 3.05) is 20.6 Å². The van der Waals surface area contributed by atoms with E-state index in [4.69, 9.17) is 5.73 Å². The highest BCUT2D eigenvalue weighted by Crippen LogP contribution is 2.26. The van der Waals surface area contributed by atoms with Gasteiger partial charge in [0.2, 0.25) is 5.91 Å². The SMILES string of the molecule is CC(CCN(C)C)NC(=O)CCC1CCCC(N)C1. The Hall–Kier alpha value is -0.610. The molecule has 1 aliphatic rings. The topological polar surface area (TPSA) is 58.4 Å². The van der Waals surface area contributed by atoms with Gasteiger partial charge in [0.15, 0.2) is 0 Å². The van der Waals surface area contributed by atoms with Gasteiger partial charge in [-0.3, -0.25) is 4.79 Å². The Labute approximate surface area is 118 Å². The number of hydrogen-bond donors (Lipinski definition) is 2. The molecule has 0 bridgehead atoms. The lowest BCUT2D eigenvalue weighted by atomic mass is 9.83. The van der Waals surface area contributed by atoms with Gasteiger partial charge in [0, 0.05) is 18.5 Å². The van der Waals surface area contributed by atoms with Crippen LogP contribution in [0.2, 0.25) is 0 Å². The van der Waals surface area contributed by atoms with Crippen LogP contribution in [0.3, 0.4) is 0 Å². The van der Waals surface area contributed by atoms with Crippen LogP contribution in [0.15, 0.2) is 0 Å². The molecular formula is C15H31N3O. The number of nitrogens with one attached hydrogen (secondary N) is 1. The molecule has 1 amide bonds. The zero-order chi connectivity index (χ0) is 14.3. The molecule has 0 spiro atoms. The molecule has 4 heteroatoms. The summed E-state index contributed by atoms with van der Waals surface area (Å²) in [6, 6.07) is 0.629. The Bertz CT molecular complexity index is 268. The number of nitrogens with zero attached hydrogens (tertiary/aromatic N) is 1. The first-order chi connectivity index (χ1) is 8.97. The summed E-state index contributed by atoms with van der Waals surface area (Å²) in [5, 5.41) is 3.09. The second-order valence-electron chi connectivity index (χ2n) is 6.39. The molecule has 1 rings (SSSR count). The molecule has 19 heavy (non-hydrogen) atoms. The summed E-state index contributed by atoms with van der Waals surface area (Å²) >= 11 is 0. The van der Waals surface area contributed by atoms with Crippen molar-refractivity contribution in [2.45, 2.75) is 64.0 Å². The molecule has 0 aliphatic heterocycles. The van der Waals surface area contributed by atoms with E-state index in [1.807, 2.05) is 0 Å². The first-order valence-corrected chi connectivity index (χ1v) is 7.67. The molecule has 3 N–H and O–H groups in total. The van der Waals surface area contributed by atoms with E-state index >= 15 is 0 Å². The summed E-state index contributed by atoms with van der Waals surface area (Å²) in [6.45, 7) is 3.09. The Balaban J connectivity index is 2.13. The van der Waals surface area contributed by atoms with Gasteiger partial charge in [0.1, 0.15) is 0 Å². The highest BCUT2D eigenvalue weighted by atomic mass is 16.1. The van der Waals surface area contributed by atoms with Crippen LogP contribution in [0.5, 0.6) is 0 Å². The third kappa shape index (κ3) is 7.53. The van der Waals surface area contributed by atoms with Crippen molar-refractivity contribution in [3.05, 3.63) is 0 Å². The minimum Gasteiger partial charge on any atom is -0.354 e. The summed E-state index contributed by atoms with van der Waals surface area (Å²) in [4.78, 5) is 14.0. The monoisotopic (exact) mass is 269 g/mol. The van der Waals surface area contributed by atoms with Crippen molar-refractivity contribution >= 4 is 5.91 Å². The van der Waals surface area contributed by atoms with Gasteiger partial charge in [-0.25, -0.2) is 0 Å². The van der Waals surface area contributed by atoms with E-state index in [0.717, 1.165) is 32.2 Å². The summed E-state index contributed by atoms with van der Waals surface area (Å²) in [6.07, 6.45) is 7.40. The maximum Gasteiger partial charge on any atom is 0.220 e. The van der Waals surface area contributed by atoms with E-state index in [1.54, 1.807) is 0 Å². The Morgan fingerprint density at radius 1 is 1.42 bits per heavy atom. The van der Waals surface area contributed by atoms with Crippen LogP contribution < -0.4 is 11.1 Å². The van der Waals surface area contributed by atoms with E-state index in [9.17, 15) is 4.79 Å². The Morgan fingerprint density at radius 3 is 2.79 bits per heavy atom. The van der Waals surface area contributed by atoms with Crippen LogP contribution in [0.25, 0.3) is 0 Å². The fourth-order valence-electron chi connectivity index (χ4n) is 2.80. The number of nitrogens with two attached hydrogens (primary N) is 1. The lowest BCUT2D eigenvalue weighted by Gasteiger charge is -2.26. The van der Waals surface area contributed by atoms with Crippen molar-refractivity contribution in [3.63, 3.8) is 0 Å². The molecule has 1 saturated carbocycles. The highest BCUT2D eigenvalue weighted by Gasteiger charge is 2.20. The van der Waals surface area contributed by atoms with E-state index in [1.165, 1.54) is 12.8 Å². The van der Waals surface area contributed by atoms with Gasteiger partial charge in [-0.2, -0.15) is 0 Å². The maximum absolute atomic E-state index is 11.9. The summed E-state index contributed by atoms with van der Waals surface area (Å²) in [7, 11) is 4.11. The molecule has 3 unspecified atom stereocenters. The molecule has 1 fully saturated rings. The summed E-state index contributed by atoms with van der Waals surface area (Å²) < 4.78 is 0. The van der Waals surface area contributed by atoms with Gasteiger partial charge in [-0.15, -0.1) is 0 Å². The number of carbonyl (C=O) groups excluding carboxylic acids is 1. The third-order valence-electron chi connectivity index (χ3n) is 4.02. The molecule has 3 atom stereocenters. The average molecular weight is 269 g/mol. The lowest BCUT2D eigenvalue weighted by molar-refractivity contribution is -0.122. The van der Waals surface area contributed by atoms with Crippen LogP contribution in [0.1, 0.15) is 51.9 Å². The van der Waals surface area contributed by atoms with E-state index in [2.05, 4.69) is 31.2 Å². The minimum atomic E-state index is 0.199. The van der Waals surface area contributed by atoms with Crippen molar-refractivity contribution in [1.29, 1.82) is 0 Å². The Morgan fingerprint density at radius 2 is 2.16 bits per heavy atom. The second kappa shape index (κ2) is 8.54. The predicted molar refractivity (Wildman–Crippen MR) is 79.9 cm³/mol. The molecule has 0 aromatic carbocycles. The van der Waals surface area contributed by atoms with E-state index in [-0.39, 0.29) is 11.9 Å². The molecule has 1 aliphatic carbocycles. The van der Waals surface area contributed by atoms with Gasteiger partial charge in [0.25, 0.3) is 0 Å². The molecular weight excluding hydrogens is 238 g/mol. The molecule has 0 heterocycles. The summed E-state index contributed by atoms with van der Waals surface area (Å²) in [5.41, 5.74) is 5.97. The average Bonchev–Trinajstić information content (AvgIpc) is 2.34. The van der Waals surface area contributed by atoms with Crippen molar-refractivity contribution < 1.29 is 4.79 Å². The zero-order valence-electron chi connectivity index (χ0n) is 12.8. The molecule has 0 aromatic heterocycles. The highest BCUT2D eigenvalue weighted by molar-refractivity contribution is 5.76. The quantitative estimate of drug-likeness (QED) is 0.740. The summed E-state index contributed by atoms with van der Waals surface area (Å²) in [5.74, 6) is 0.858. The second-order valence-corrected chi connectivity index (χ2v) is 6.39. The molecule has 0 aromatic rings. The van der Waals surface area contributed by atoms with Gasteiger partial charge in [-0.1, -0.05) is 12.8 Å².